The molecule has 1 N–H and O–H groups in total. The number of nitrogens with one attached hydrogen (secondary N) is 1. The van der Waals surface area contributed by atoms with Gasteiger partial charge in [-0.2, -0.15) is 0 Å². The molecule has 0 aliphatic carbocycles. The van der Waals surface area contributed by atoms with Crippen molar-refractivity contribution in [2.45, 2.75) is 18.8 Å². The second-order valence-electron chi connectivity index (χ2n) is 2.93. The molecule has 1 fully saturated rings. The van der Waals surface area contributed by atoms with Crippen molar-refractivity contribution >= 4 is 0 Å². The predicted molar refractivity (Wildman–Crippen MR) is 41.3 cm³/mol. The Morgan fingerprint density at radius 2 is 2.27 bits per heavy atom. The van der Waals surface area contributed by atoms with Crippen molar-refractivity contribution in [2.24, 2.45) is 0 Å². The van der Waals surface area contributed by atoms with Crippen LogP contribution in [0.15, 0.2) is 17.0 Å². The number of nitrogens with zero attached hydrogens (tertiary/aromatic N) is 1. The van der Waals surface area contributed by atoms with E-state index in [4.69, 9.17) is 4.42 Å². The highest BCUT2D eigenvalue weighted by atomic mass is 16.3. The second kappa shape index (κ2) is 3.05. The Balaban J connectivity index is 2.04. The maximum atomic E-state index is 5.23. The minimum Gasteiger partial charge on any atom is -0.448 e. The molecule has 0 saturated carbocycles. The van der Waals surface area contributed by atoms with Gasteiger partial charge in [0.2, 0.25) is 0 Å². The third-order valence-corrected chi connectivity index (χ3v) is 2.19. The van der Waals surface area contributed by atoms with E-state index in [1.165, 1.54) is 19.2 Å². The number of rotatable bonds is 1. The van der Waals surface area contributed by atoms with Gasteiger partial charge in [0.15, 0.2) is 6.39 Å². The third-order valence-electron chi connectivity index (χ3n) is 2.19. The highest BCUT2D eigenvalue weighted by Gasteiger charge is 2.17. The van der Waals surface area contributed by atoms with E-state index >= 15 is 0 Å². The zero-order valence-corrected chi connectivity index (χ0v) is 6.42. The van der Waals surface area contributed by atoms with Crippen LogP contribution >= 0.6 is 0 Å². The summed E-state index contributed by atoms with van der Waals surface area (Å²) in [5.41, 5.74) is 0. The summed E-state index contributed by atoms with van der Waals surface area (Å²) in [5.74, 6) is 1.64. The molecule has 0 spiro atoms. The maximum Gasteiger partial charge on any atom is 0.180 e. The Morgan fingerprint density at radius 3 is 2.91 bits per heavy atom. The van der Waals surface area contributed by atoms with Crippen LogP contribution in [0.5, 0.6) is 0 Å². The van der Waals surface area contributed by atoms with Crippen LogP contribution in [0.2, 0.25) is 0 Å². The van der Waals surface area contributed by atoms with Crippen LogP contribution in [0.1, 0.15) is 24.5 Å². The van der Waals surface area contributed by atoms with Gasteiger partial charge in [0.25, 0.3) is 0 Å². The van der Waals surface area contributed by atoms with Gasteiger partial charge in [0.1, 0.15) is 5.76 Å². The van der Waals surface area contributed by atoms with Crippen LogP contribution in [-0.4, -0.2) is 18.1 Å². The normalized spacial score (nSPS) is 20.4. The quantitative estimate of drug-likeness (QED) is 0.655. The minimum atomic E-state index is 0.596. The van der Waals surface area contributed by atoms with E-state index in [2.05, 4.69) is 10.3 Å². The van der Waals surface area contributed by atoms with Crippen molar-refractivity contribution in [3.05, 3.63) is 18.4 Å². The monoisotopic (exact) mass is 152 g/mol. The van der Waals surface area contributed by atoms with Gasteiger partial charge < -0.3 is 9.73 Å². The van der Waals surface area contributed by atoms with Crippen molar-refractivity contribution in [2.75, 3.05) is 13.1 Å². The molecule has 0 unspecified atom stereocenters. The summed E-state index contributed by atoms with van der Waals surface area (Å²) in [6.45, 7) is 2.21. The molecular formula is C8H12N2O. The molecule has 0 atom stereocenters. The molecule has 0 bridgehead atoms. The standard InChI is InChI=1S/C8H12N2O/c1-3-9-4-2-7(1)8-5-10-6-11-8/h5-7,9H,1-4H2. The van der Waals surface area contributed by atoms with Gasteiger partial charge in [-0.1, -0.05) is 0 Å². The topological polar surface area (TPSA) is 38.1 Å². The lowest BCUT2D eigenvalue weighted by Crippen LogP contribution is -2.26. The molecule has 2 rings (SSSR count). The molecule has 11 heavy (non-hydrogen) atoms. The molecule has 1 saturated heterocycles. The van der Waals surface area contributed by atoms with Crippen LogP contribution in [0, 0.1) is 0 Å². The Hall–Kier alpha value is -0.830. The van der Waals surface area contributed by atoms with Crippen molar-refractivity contribution in [3.63, 3.8) is 0 Å². The first-order valence-electron chi connectivity index (χ1n) is 4.06. The fraction of sp³-hybridized carbons (Fsp3) is 0.625. The van der Waals surface area contributed by atoms with Crippen molar-refractivity contribution in [1.82, 2.24) is 10.3 Å². The summed E-state index contributed by atoms with van der Waals surface area (Å²) in [6, 6.07) is 0. The van der Waals surface area contributed by atoms with Gasteiger partial charge in [0, 0.05) is 5.92 Å². The molecule has 3 nitrogen and oxygen atoms in total. The molecule has 1 aliphatic heterocycles. The molecular weight excluding hydrogens is 140 g/mol. The van der Waals surface area contributed by atoms with E-state index in [1.807, 2.05) is 6.20 Å². The predicted octanol–water partition coefficient (Wildman–Crippen LogP) is 1.14. The Kier molecular flexibility index (Phi) is 1.90. The van der Waals surface area contributed by atoms with Gasteiger partial charge in [-0.15, -0.1) is 0 Å². The highest BCUT2D eigenvalue weighted by Crippen LogP contribution is 2.23. The first kappa shape index (κ1) is 6.85. The van der Waals surface area contributed by atoms with E-state index < -0.39 is 0 Å². The number of oxazole rings is 1. The summed E-state index contributed by atoms with van der Waals surface area (Å²) in [7, 11) is 0. The van der Waals surface area contributed by atoms with Gasteiger partial charge in [-0.3, -0.25) is 0 Å². The van der Waals surface area contributed by atoms with E-state index in [0.717, 1.165) is 18.8 Å². The van der Waals surface area contributed by atoms with Crippen LogP contribution < -0.4 is 5.32 Å². The molecule has 0 aromatic carbocycles. The second-order valence-corrected chi connectivity index (χ2v) is 2.93. The molecule has 0 radical (unpaired) electrons. The molecule has 3 heteroatoms. The van der Waals surface area contributed by atoms with Gasteiger partial charge in [-0.05, 0) is 25.9 Å². The van der Waals surface area contributed by atoms with Crippen LogP contribution in [0.25, 0.3) is 0 Å². The number of piperidine rings is 1. The lowest BCUT2D eigenvalue weighted by atomic mass is 9.96. The molecule has 2 heterocycles. The average Bonchev–Trinajstić information content (AvgIpc) is 2.58. The van der Waals surface area contributed by atoms with E-state index in [-0.39, 0.29) is 0 Å². The highest BCUT2D eigenvalue weighted by molar-refractivity contribution is 5.00. The lowest BCUT2D eigenvalue weighted by molar-refractivity contribution is 0.385. The summed E-state index contributed by atoms with van der Waals surface area (Å²) in [5, 5.41) is 3.31. The first-order chi connectivity index (χ1) is 5.47. The van der Waals surface area contributed by atoms with E-state index in [1.54, 1.807) is 0 Å². The summed E-state index contributed by atoms with van der Waals surface area (Å²) in [6.07, 6.45) is 5.69. The Morgan fingerprint density at radius 1 is 1.45 bits per heavy atom. The van der Waals surface area contributed by atoms with Crippen molar-refractivity contribution in [1.29, 1.82) is 0 Å². The van der Waals surface area contributed by atoms with E-state index in [9.17, 15) is 0 Å². The average molecular weight is 152 g/mol. The Bertz CT molecular complexity index is 202. The lowest BCUT2D eigenvalue weighted by Gasteiger charge is -2.19. The van der Waals surface area contributed by atoms with E-state index in [0.29, 0.717) is 5.92 Å². The molecule has 0 amide bonds. The largest absolute Gasteiger partial charge is 0.448 e. The van der Waals surface area contributed by atoms with Crippen LogP contribution in [0.4, 0.5) is 0 Å². The fourth-order valence-electron chi connectivity index (χ4n) is 1.53. The van der Waals surface area contributed by atoms with Gasteiger partial charge in [-0.25, -0.2) is 4.98 Å². The SMILES string of the molecule is c1ncc(C2CCNCC2)o1. The molecule has 1 aromatic rings. The smallest absolute Gasteiger partial charge is 0.180 e. The molecule has 60 valence electrons. The first-order valence-corrected chi connectivity index (χ1v) is 4.06. The Labute approximate surface area is 65.8 Å². The number of hydrogen-bond acceptors (Lipinski definition) is 3. The van der Waals surface area contributed by atoms with Crippen LogP contribution in [-0.2, 0) is 0 Å². The fourth-order valence-corrected chi connectivity index (χ4v) is 1.53. The molecule has 1 aliphatic rings. The zero-order chi connectivity index (χ0) is 7.52. The van der Waals surface area contributed by atoms with Crippen molar-refractivity contribution < 1.29 is 4.42 Å². The summed E-state index contributed by atoms with van der Waals surface area (Å²) < 4.78 is 5.23. The number of hydrogen-bond donors (Lipinski definition) is 1. The minimum absolute atomic E-state index is 0.596. The van der Waals surface area contributed by atoms with Gasteiger partial charge >= 0.3 is 0 Å². The van der Waals surface area contributed by atoms with Crippen LogP contribution in [0.3, 0.4) is 0 Å². The van der Waals surface area contributed by atoms with Crippen molar-refractivity contribution in [3.8, 4) is 0 Å². The number of aromatic nitrogens is 1. The summed E-state index contributed by atoms with van der Waals surface area (Å²) in [4.78, 5) is 3.91. The van der Waals surface area contributed by atoms with Gasteiger partial charge in [0.05, 0.1) is 6.20 Å². The molecule has 1 aromatic heterocycles. The third kappa shape index (κ3) is 1.43. The maximum absolute atomic E-state index is 5.23. The zero-order valence-electron chi connectivity index (χ0n) is 6.42. The summed E-state index contributed by atoms with van der Waals surface area (Å²) >= 11 is 0.